The first-order chi connectivity index (χ1) is 13.8. The van der Waals surface area contributed by atoms with Crippen molar-refractivity contribution < 1.29 is 13.9 Å². The Balaban J connectivity index is 1.88. The zero-order chi connectivity index (χ0) is 21.1. The van der Waals surface area contributed by atoms with Crippen LogP contribution in [0.15, 0.2) is 45.6 Å². The number of likely N-dealkylation sites (N-methyl/N-ethyl adjacent to an activating group) is 1. The van der Waals surface area contributed by atoms with Gasteiger partial charge in [0.2, 0.25) is 0 Å². The maximum Gasteiger partial charge on any atom is 0.336 e. The monoisotopic (exact) mass is 394 g/mol. The minimum atomic E-state index is -0.375. The Morgan fingerprint density at radius 1 is 1.10 bits per heavy atom. The van der Waals surface area contributed by atoms with E-state index in [1.807, 2.05) is 51.1 Å². The normalized spacial score (nSPS) is 10.8. The van der Waals surface area contributed by atoms with E-state index in [0.29, 0.717) is 17.9 Å². The molecule has 152 valence electrons. The minimum absolute atomic E-state index is 0.0402. The molecule has 6 heteroatoms. The van der Waals surface area contributed by atoms with Crippen LogP contribution >= 0.6 is 0 Å². The zero-order valence-electron chi connectivity index (χ0n) is 17.5. The van der Waals surface area contributed by atoms with Gasteiger partial charge in [-0.2, -0.15) is 0 Å². The number of benzene rings is 2. The Morgan fingerprint density at radius 2 is 1.86 bits per heavy atom. The number of carbonyl (C=O) groups is 1. The molecule has 0 fully saturated rings. The molecule has 29 heavy (non-hydrogen) atoms. The van der Waals surface area contributed by atoms with Crippen molar-refractivity contribution in [2.75, 3.05) is 26.0 Å². The summed E-state index contributed by atoms with van der Waals surface area (Å²) in [6.45, 7) is 6.29. The number of carbonyl (C=O) groups excluding carboxylic acids is 1. The summed E-state index contributed by atoms with van der Waals surface area (Å²) in [5.41, 5.74) is 4.90. The molecule has 3 rings (SSSR count). The van der Waals surface area contributed by atoms with Crippen LogP contribution in [0.25, 0.3) is 11.0 Å². The number of amides is 1. The van der Waals surface area contributed by atoms with Crippen molar-refractivity contribution in [3.63, 3.8) is 0 Å². The lowest BCUT2D eigenvalue weighted by Gasteiger charge is -2.16. The lowest BCUT2D eigenvalue weighted by atomic mass is 10.0. The Kier molecular flexibility index (Phi) is 5.92. The van der Waals surface area contributed by atoms with Crippen LogP contribution in [-0.2, 0) is 11.3 Å². The maximum atomic E-state index is 12.1. The molecular weight excluding hydrogens is 368 g/mol. The number of rotatable bonds is 6. The number of hydrogen-bond donors (Lipinski definition) is 1. The van der Waals surface area contributed by atoms with E-state index in [4.69, 9.17) is 9.15 Å². The third kappa shape index (κ3) is 4.59. The molecule has 6 nitrogen and oxygen atoms in total. The highest BCUT2D eigenvalue weighted by Crippen LogP contribution is 2.28. The third-order valence-electron chi connectivity index (χ3n) is 4.97. The first kappa shape index (κ1) is 20.5. The number of ether oxygens (including phenoxy) is 1. The number of anilines is 1. The standard InChI is InChI=1S/C23H26N2O4/c1-14-6-9-19(20(10-14)28-13-21(26)25(4)5)24-12-17-11-22(27)29-23-16(3)15(2)7-8-18(17)23/h6-11,24H,12-13H2,1-5H3. The Labute approximate surface area is 170 Å². The number of nitrogens with one attached hydrogen (secondary N) is 1. The van der Waals surface area contributed by atoms with Crippen LogP contribution in [0.1, 0.15) is 22.3 Å². The molecule has 2 aromatic carbocycles. The van der Waals surface area contributed by atoms with Crippen molar-refractivity contribution in [2.45, 2.75) is 27.3 Å². The molecule has 1 heterocycles. The van der Waals surface area contributed by atoms with Gasteiger partial charge in [-0.1, -0.05) is 18.2 Å². The van der Waals surface area contributed by atoms with Gasteiger partial charge in [-0.15, -0.1) is 0 Å². The van der Waals surface area contributed by atoms with E-state index >= 15 is 0 Å². The molecule has 0 saturated heterocycles. The van der Waals surface area contributed by atoms with Crippen molar-refractivity contribution >= 4 is 22.6 Å². The Bertz CT molecular complexity index is 1120. The molecule has 0 atom stereocenters. The van der Waals surface area contributed by atoms with Crippen LogP contribution < -0.4 is 15.7 Å². The molecule has 0 bridgehead atoms. The van der Waals surface area contributed by atoms with Gasteiger partial charge in [-0.05, 0) is 55.2 Å². The summed E-state index contributed by atoms with van der Waals surface area (Å²) in [4.78, 5) is 25.4. The fourth-order valence-corrected chi connectivity index (χ4v) is 3.02. The Hall–Kier alpha value is -3.28. The van der Waals surface area contributed by atoms with Gasteiger partial charge in [0.1, 0.15) is 11.3 Å². The summed E-state index contributed by atoms with van der Waals surface area (Å²) >= 11 is 0. The molecule has 0 unspecified atom stereocenters. The van der Waals surface area contributed by atoms with E-state index in [2.05, 4.69) is 5.32 Å². The van der Waals surface area contributed by atoms with Gasteiger partial charge >= 0.3 is 5.63 Å². The van der Waals surface area contributed by atoms with Gasteiger partial charge in [-0.3, -0.25) is 4.79 Å². The highest BCUT2D eigenvalue weighted by Gasteiger charge is 2.12. The van der Waals surface area contributed by atoms with Gasteiger partial charge in [0.15, 0.2) is 6.61 Å². The predicted molar refractivity (Wildman–Crippen MR) is 115 cm³/mol. The van der Waals surface area contributed by atoms with Crippen molar-refractivity contribution in [3.05, 3.63) is 69.1 Å². The molecule has 1 aromatic heterocycles. The van der Waals surface area contributed by atoms with Crippen LogP contribution in [-0.4, -0.2) is 31.5 Å². The molecule has 0 aliphatic carbocycles. The highest BCUT2D eigenvalue weighted by molar-refractivity contribution is 5.84. The quantitative estimate of drug-likeness (QED) is 0.644. The van der Waals surface area contributed by atoms with Crippen molar-refractivity contribution in [1.82, 2.24) is 4.90 Å². The molecule has 0 aliphatic rings. The van der Waals surface area contributed by atoms with Crippen LogP contribution in [0.3, 0.4) is 0 Å². The summed E-state index contributed by atoms with van der Waals surface area (Å²) in [6, 6.07) is 11.3. The molecule has 0 spiro atoms. The highest BCUT2D eigenvalue weighted by atomic mass is 16.5. The van der Waals surface area contributed by atoms with Gasteiger partial charge in [0, 0.05) is 32.1 Å². The van der Waals surface area contributed by atoms with Gasteiger partial charge < -0.3 is 19.4 Å². The number of fused-ring (bicyclic) bond motifs is 1. The van der Waals surface area contributed by atoms with Gasteiger partial charge in [-0.25, -0.2) is 4.79 Å². The number of hydrogen-bond acceptors (Lipinski definition) is 5. The first-order valence-corrected chi connectivity index (χ1v) is 9.46. The number of aryl methyl sites for hydroxylation is 3. The summed E-state index contributed by atoms with van der Waals surface area (Å²) in [7, 11) is 3.38. The van der Waals surface area contributed by atoms with Crippen molar-refractivity contribution in [2.24, 2.45) is 0 Å². The molecule has 1 amide bonds. The largest absolute Gasteiger partial charge is 0.482 e. The molecule has 1 N–H and O–H groups in total. The SMILES string of the molecule is Cc1ccc(NCc2cc(=O)oc3c(C)c(C)ccc23)c(OCC(=O)N(C)C)c1. The van der Waals surface area contributed by atoms with Gasteiger partial charge in [0.05, 0.1) is 5.69 Å². The first-order valence-electron chi connectivity index (χ1n) is 9.46. The van der Waals surface area contributed by atoms with E-state index in [1.165, 1.54) is 11.0 Å². The van der Waals surface area contributed by atoms with Crippen molar-refractivity contribution in [1.29, 1.82) is 0 Å². The zero-order valence-corrected chi connectivity index (χ0v) is 17.5. The van der Waals surface area contributed by atoms with Crippen LogP contribution in [0.5, 0.6) is 5.75 Å². The van der Waals surface area contributed by atoms with E-state index in [9.17, 15) is 9.59 Å². The predicted octanol–water partition coefficient (Wildman–Crippen LogP) is 3.80. The topological polar surface area (TPSA) is 71.8 Å². The molecule has 0 radical (unpaired) electrons. The van der Waals surface area contributed by atoms with Crippen LogP contribution in [0.2, 0.25) is 0 Å². The molecule has 0 aliphatic heterocycles. The van der Waals surface area contributed by atoms with Crippen LogP contribution in [0.4, 0.5) is 5.69 Å². The Morgan fingerprint density at radius 3 is 2.59 bits per heavy atom. The summed E-state index contributed by atoms with van der Waals surface area (Å²) in [5, 5.41) is 4.23. The summed E-state index contributed by atoms with van der Waals surface area (Å²) in [6.07, 6.45) is 0. The lowest BCUT2D eigenvalue weighted by molar-refractivity contribution is -0.130. The van der Waals surface area contributed by atoms with Crippen LogP contribution in [0, 0.1) is 20.8 Å². The van der Waals surface area contributed by atoms with E-state index in [-0.39, 0.29) is 18.1 Å². The van der Waals surface area contributed by atoms with E-state index in [1.54, 1.807) is 14.1 Å². The fraction of sp³-hybridized carbons (Fsp3) is 0.304. The third-order valence-corrected chi connectivity index (χ3v) is 4.97. The summed E-state index contributed by atoms with van der Waals surface area (Å²) < 4.78 is 11.2. The van der Waals surface area contributed by atoms with Gasteiger partial charge in [0.25, 0.3) is 5.91 Å². The second-order valence-electron chi connectivity index (χ2n) is 7.40. The lowest BCUT2D eigenvalue weighted by Crippen LogP contribution is -2.27. The number of nitrogens with zero attached hydrogens (tertiary/aromatic N) is 1. The molecule has 3 aromatic rings. The molecule has 0 saturated carbocycles. The smallest absolute Gasteiger partial charge is 0.336 e. The van der Waals surface area contributed by atoms with E-state index < -0.39 is 0 Å². The van der Waals surface area contributed by atoms with E-state index in [0.717, 1.165) is 33.3 Å². The molecular formula is C23H26N2O4. The second kappa shape index (κ2) is 8.39. The average molecular weight is 394 g/mol. The minimum Gasteiger partial charge on any atom is -0.482 e. The maximum absolute atomic E-state index is 12.1. The van der Waals surface area contributed by atoms with Crippen molar-refractivity contribution in [3.8, 4) is 5.75 Å². The fourth-order valence-electron chi connectivity index (χ4n) is 3.02. The average Bonchev–Trinajstić information content (AvgIpc) is 2.68. The summed E-state index contributed by atoms with van der Waals surface area (Å²) in [5.74, 6) is 0.481. The second-order valence-corrected chi connectivity index (χ2v) is 7.40.